The first kappa shape index (κ1) is 36.2. The monoisotopic (exact) mass is 709 g/mol. The minimum Gasteiger partial charge on any atom is -0.492 e. The van der Waals surface area contributed by atoms with E-state index in [1.807, 2.05) is 44.2 Å². The smallest absolute Gasteiger partial charge is 0.178 e. The molecule has 1 saturated heterocycles. The Morgan fingerprint density at radius 3 is 2.06 bits per heavy atom. The van der Waals surface area contributed by atoms with E-state index in [2.05, 4.69) is 4.90 Å². The van der Waals surface area contributed by atoms with Gasteiger partial charge >= 0.3 is 0 Å². The number of unbranched alkanes of at least 4 members (excludes halogenated alkanes) is 4. The molecule has 0 unspecified atom stereocenters. The van der Waals surface area contributed by atoms with Crippen LogP contribution in [0.4, 0.5) is 0 Å². The number of carbonyl (C=O) groups is 1. The summed E-state index contributed by atoms with van der Waals surface area (Å²) in [4.78, 5) is 16.2. The Kier molecular flexibility index (Phi) is 12.5. The molecule has 1 aliphatic rings. The van der Waals surface area contributed by atoms with Gasteiger partial charge < -0.3 is 4.74 Å². The topological polar surface area (TPSA) is 97.8 Å². The van der Waals surface area contributed by atoms with Crippen LogP contribution < -0.4 is 4.74 Å². The zero-order valence-corrected chi connectivity index (χ0v) is 30.5. The molecule has 0 atom stereocenters. The molecular formula is C38H47NO6S3. The first-order valence-corrected chi connectivity index (χ1v) is 21.4. The van der Waals surface area contributed by atoms with Crippen LogP contribution in [-0.4, -0.2) is 65.8 Å². The van der Waals surface area contributed by atoms with Gasteiger partial charge in [-0.05, 0) is 92.4 Å². The van der Waals surface area contributed by atoms with E-state index in [4.69, 9.17) is 4.74 Å². The normalized spacial score (nSPS) is 14.4. The van der Waals surface area contributed by atoms with Gasteiger partial charge in [-0.15, -0.1) is 11.3 Å². The molecule has 0 saturated carbocycles. The number of hydrogen-bond donors (Lipinski definition) is 0. The van der Waals surface area contributed by atoms with E-state index in [0.717, 1.165) is 77.7 Å². The van der Waals surface area contributed by atoms with Crippen molar-refractivity contribution in [3.63, 3.8) is 0 Å². The number of fused-ring (bicyclic) bond motifs is 1. The molecule has 0 radical (unpaired) electrons. The number of sulfone groups is 2. The summed E-state index contributed by atoms with van der Waals surface area (Å²) in [6.07, 6.45) is 9.34. The molecule has 0 bridgehead atoms. The van der Waals surface area contributed by atoms with Gasteiger partial charge in [-0.1, -0.05) is 64.2 Å². The van der Waals surface area contributed by atoms with Crippen molar-refractivity contribution in [3.05, 3.63) is 66.2 Å². The molecule has 2 heterocycles. The molecule has 1 fully saturated rings. The van der Waals surface area contributed by atoms with Gasteiger partial charge in [-0.25, -0.2) is 16.8 Å². The summed E-state index contributed by atoms with van der Waals surface area (Å²) in [5, 5.41) is 0.826. The average Bonchev–Trinajstić information content (AvgIpc) is 3.48. The van der Waals surface area contributed by atoms with Gasteiger partial charge in [0.2, 0.25) is 0 Å². The molecule has 0 spiro atoms. The van der Waals surface area contributed by atoms with Crippen molar-refractivity contribution in [2.24, 2.45) is 0 Å². The molecule has 1 aliphatic heterocycles. The number of thiophene rings is 1. The van der Waals surface area contributed by atoms with Crippen LogP contribution in [0, 0.1) is 0 Å². The van der Waals surface area contributed by atoms with Crippen LogP contribution in [-0.2, 0) is 19.7 Å². The van der Waals surface area contributed by atoms with Gasteiger partial charge in [-0.3, -0.25) is 9.69 Å². The molecule has 0 aliphatic carbocycles. The van der Waals surface area contributed by atoms with Gasteiger partial charge in [0.15, 0.2) is 26.0 Å². The largest absolute Gasteiger partial charge is 0.492 e. The molecule has 0 amide bonds. The fraction of sp³-hybridized carbons (Fsp3) is 0.447. The maximum Gasteiger partial charge on any atom is 0.178 e. The number of nitrogens with zero attached hydrogens (tertiary/aromatic N) is 1. The van der Waals surface area contributed by atoms with Crippen LogP contribution in [0.3, 0.4) is 0 Å². The zero-order chi connectivity index (χ0) is 34.1. The summed E-state index contributed by atoms with van der Waals surface area (Å²) in [5.74, 6) is 0.857. The highest BCUT2D eigenvalue weighted by atomic mass is 32.2. The Morgan fingerprint density at radius 2 is 1.42 bits per heavy atom. The summed E-state index contributed by atoms with van der Waals surface area (Å²) >= 11 is 1.45. The van der Waals surface area contributed by atoms with E-state index >= 15 is 0 Å². The predicted octanol–water partition coefficient (Wildman–Crippen LogP) is 8.84. The van der Waals surface area contributed by atoms with Crippen LogP contribution in [0.25, 0.3) is 31.7 Å². The van der Waals surface area contributed by atoms with Crippen molar-refractivity contribution in [1.29, 1.82) is 0 Å². The summed E-state index contributed by atoms with van der Waals surface area (Å²) in [7, 11) is -6.88. The van der Waals surface area contributed by atoms with Gasteiger partial charge in [0.05, 0.1) is 21.3 Å². The van der Waals surface area contributed by atoms with Crippen molar-refractivity contribution in [2.45, 2.75) is 81.4 Å². The molecule has 48 heavy (non-hydrogen) atoms. The molecule has 4 aromatic rings. The summed E-state index contributed by atoms with van der Waals surface area (Å²) < 4.78 is 59.5. The number of benzene rings is 3. The summed E-state index contributed by atoms with van der Waals surface area (Å²) in [6.45, 7) is 7.62. The lowest BCUT2D eigenvalue weighted by atomic mass is 9.95. The fourth-order valence-corrected chi connectivity index (χ4v) is 10.4. The Bertz CT molecular complexity index is 1910. The maximum absolute atomic E-state index is 13.2. The van der Waals surface area contributed by atoms with Crippen molar-refractivity contribution in [1.82, 2.24) is 4.90 Å². The molecule has 258 valence electrons. The third-order valence-electron chi connectivity index (χ3n) is 9.08. The molecule has 0 N–H and O–H groups in total. The third-order valence-corrected chi connectivity index (χ3v) is 13.9. The number of rotatable bonds is 17. The summed E-state index contributed by atoms with van der Waals surface area (Å²) in [5.41, 5.74) is 2.77. The standard InChI is InChI=1S/C38H47NO6S3/c1-3-5-10-24-47(41,42)32-16-13-29(14-17-32)38-37(34-19-18-33(27-36(34)46-38)48(43,44)25-11-6-4-2)35-26-31(15-12-30(35)28-40)45-23-22-39-20-8-7-9-21-39/h12-19,26-28H,3-11,20-25H2,1-2H3. The lowest BCUT2D eigenvalue weighted by Crippen LogP contribution is -2.33. The average molecular weight is 710 g/mol. The van der Waals surface area contributed by atoms with E-state index in [0.29, 0.717) is 36.3 Å². The molecule has 1 aromatic heterocycles. The molecule has 10 heteroatoms. The third kappa shape index (κ3) is 8.75. The second-order valence-electron chi connectivity index (χ2n) is 12.7. The SMILES string of the molecule is CCCCCS(=O)(=O)c1ccc(-c2sc3cc(S(=O)(=O)CCCCC)ccc3c2-c2cc(OCCN3CCCCC3)ccc2C=O)cc1. The quantitative estimate of drug-likeness (QED) is 0.0798. The van der Waals surface area contributed by atoms with Crippen molar-refractivity contribution >= 4 is 47.4 Å². The Labute approximate surface area is 290 Å². The van der Waals surface area contributed by atoms with Gasteiger partial charge in [0.1, 0.15) is 12.4 Å². The van der Waals surface area contributed by atoms with Crippen LogP contribution in [0.1, 0.15) is 82.0 Å². The zero-order valence-electron chi connectivity index (χ0n) is 28.1. The number of piperidine rings is 1. The number of likely N-dealkylation sites (tertiary alicyclic amines) is 1. The lowest BCUT2D eigenvalue weighted by Gasteiger charge is -2.26. The number of carbonyl (C=O) groups excluding carboxylic acids is 1. The van der Waals surface area contributed by atoms with Gasteiger partial charge in [0.25, 0.3) is 0 Å². The first-order chi connectivity index (χ1) is 23.2. The minimum atomic E-state index is -3.47. The van der Waals surface area contributed by atoms with Crippen LogP contribution in [0.15, 0.2) is 70.5 Å². The fourth-order valence-electron chi connectivity index (χ4n) is 6.29. The highest BCUT2D eigenvalue weighted by Crippen LogP contribution is 2.47. The Balaban J connectivity index is 1.56. The Hall–Kier alpha value is -3.05. The summed E-state index contributed by atoms with van der Waals surface area (Å²) in [6, 6.07) is 17.6. The first-order valence-electron chi connectivity index (χ1n) is 17.2. The Morgan fingerprint density at radius 1 is 0.771 bits per heavy atom. The van der Waals surface area contributed by atoms with Crippen molar-refractivity contribution < 1.29 is 26.4 Å². The molecular weight excluding hydrogens is 663 g/mol. The van der Waals surface area contributed by atoms with Gasteiger partial charge in [-0.2, -0.15) is 0 Å². The maximum atomic E-state index is 13.2. The number of ether oxygens (including phenoxy) is 1. The van der Waals surface area contributed by atoms with Crippen LogP contribution in [0.2, 0.25) is 0 Å². The van der Waals surface area contributed by atoms with Gasteiger partial charge in [0, 0.05) is 32.6 Å². The molecule has 5 rings (SSSR count). The van der Waals surface area contributed by atoms with E-state index < -0.39 is 19.7 Å². The van der Waals surface area contributed by atoms with Crippen LogP contribution in [0.5, 0.6) is 5.75 Å². The van der Waals surface area contributed by atoms with E-state index in [-0.39, 0.29) is 21.3 Å². The second kappa shape index (κ2) is 16.6. The van der Waals surface area contributed by atoms with E-state index in [9.17, 15) is 21.6 Å². The van der Waals surface area contributed by atoms with Crippen molar-refractivity contribution in [3.8, 4) is 27.3 Å². The van der Waals surface area contributed by atoms with E-state index in [1.165, 1.54) is 30.6 Å². The second-order valence-corrected chi connectivity index (χ2v) is 17.9. The highest BCUT2D eigenvalue weighted by molar-refractivity contribution is 7.91. The predicted molar refractivity (Wildman–Crippen MR) is 197 cm³/mol. The van der Waals surface area contributed by atoms with E-state index in [1.54, 1.807) is 30.3 Å². The minimum absolute atomic E-state index is 0.0950. The number of aldehydes is 1. The molecule has 7 nitrogen and oxygen atoms in total. The molecule has 3 aromatic carbocycles. The highest BCUT2D eigenvalue weighted by Gasteiger charge is 2.23. The lowest BCUT2D eigenvalue weighted by molar-refractivity contribution is 0.112. The van der Waals surface area contributed by atoms with Crippen molar-refractivity contribution in [2.75, 3.05) is 37.7 Å². The number of hydrogen-bond acceptors (Lipinski definition) is 8. The van der Waals surface area contributed by atoms with Crippen LogP contribution >= 0.6 is 11.3 Å².